The topological polar surface area (TPSA) is 57.7 Å². The van der Waals surface area contributed by atoms with E-state index in [-0.39, 0.29) is 31.7 Å². The lowest BCUT2D eigenvalue weighted by molar-refractivity contribution is 0.101. The Morgan fingerprint density at radius 3 is 2.26 bits per heavy atom. The molecule has 0 N–H and O–H groups in total. The minimum absolute atomic E-state index is 0.00779. The van der Waals surface area contributed by atoms with Crippen LogP contribution in [0.5, 0.6) is 0 Å². The summed E-state index contributed by atoms with van der Waals surface area (Å²) in [5.74, 6) is -2.95. The zero-order valence-electron chi connectivity index (χ0n) is 14.5. The first kappa shape index (κ1) is 19.4. The minimum Gasteiger partial charge on any atom is -0.368 e. The van der Waals surface area contributed by atoms with Gasteiger partial charge in [-0.15, -0.1) is 0 Å². The van der Waals surface area contributed by atoms with Crippen LogP contribution in [0.3, 0.4) is 0 Å². The fraction of sp³-hybridized carbons (Fsp3) is 0.278. The molecule has 0 amide bonds. The van der Waals surface area contributed by atoms with Gasteiger partial charge in [0.15, 0.2) is 5.78 Å². The highest BCUT2D eigenvalue weighted by Crippen LogP contribution is 2.27. The highest BCUT2D eigenvalue weighted by Gasteiger charge is 2.32. The molecule has 2 aromatic carbocycles. The summed E-state index contributed by atoms with van der Waals surface area (Å²) >= 11 is 0. The first-order valence-corrected chi connectivity index (χ1v) is 9.65. The second-order valence-corrected chi connectivity index (χ2v) is 8.06. The summed E-state index contributed by atoms with van der Waals surface area (Å²) in [5, 5.41) is 0. The lowest BCUT2D eigenvalue weighted by atomic mass is 10.1. The Labute approximate surface area is 155 Å². The number of nitrogens with zero attached hydrogens (tertiary/aromatic N) is 2. The van der Waals surface area contributed by atoms with Gasteiger partial charge in [-0.05, 0) is 37.3 Å². The van der Waals surface area contributed by atoms with Crippen molar-refractivity contribution in [3.8, 4) is 0 Å². The molecule has 1 saturated heterocycles. The predicted molar refractivity (Wildman–Crippen MR) is 93.7 cm³/mol. The van der Waals surface area contributed by atoms with E-state index in [1.165, 1.54) is 19.1 Å². The number of piperazine rings is 1. The highest BCUT2D eigenvalue weighted by molar-refractivity contribution is 7.89. The van der Waals surface area contributed by atoms with Crippen LogP contribution in [-0.2, 0) is 10.0 Å². The quantitative estimate of drug-likeness (QED) is 0.744. The van der Waals surface area contributed by atoms with E-state index in [1.807, 2.05) is 0 Å². The summed E-state index contributed by atoms with van der Waals surface area (Å²) < 4.78 is 67.5. The van der Waals surface area contributed by atoms with E-state index in [9.17, 15) is 26.4 Å². The van der Waals surface area contributed by atoms with Gasteiger partial charge in [0.25, 0.3) is 0 Å². The fourth-order valence-electron chi connectivity index (χ4n) is 3.11. The average molecular weight is 398 g/mol. The molecule has 1 fully saturated rings. The monoisotopic (exact) mass is 398 g/mol. The highest BCUT2D eigenvalue weighted by atomic mass is 32.2. The third-order valence-corrected chi connectivity index (χ3v) is 6.35. The molecule has 0 spiro atoms. The molecular formula is C18H17F3N2O3S. The second kappa shape index (κ2) is 7.32. The summed E-state index contributed by atoms with van der Waals surface area (Å²) in [6.45, 7) is 1.60. The molecule has 0 saturated carbocycles. The smallest absolute Gasteiger partial charge is 0.246 e. The van der Waals surface area contributed by atoms with Crippen LogP contribution < -0.4 is 4.90 Å². The van der Waals surface area contributed by atoms with Crippen molar-refractivity contribution in [2.45, 2.75) is 11.8 Å². The molecule has 0 unspecified atom stereocenters. The maximum atomic E-state index is 14.0. The van der Waals surface area contributed by atoms with E-state index in [0.717, 1.165) is 16.4 Å². The van der Waals surface area contributed by atoms with Gasteiger partial charge in [-0.2, -0.15) is 4.31 Å². The first-order valence-electron chi connectivity index (χ1n) is 8.21. The van der Waals surface area contributed by atoms with E-state index in [2.05, 4.69) is 0 Å². The largest absolute Gasteiger partial charge is 0.368 e. The number of hydrogen-bond acceptors (Lipinski definition) is 4. The van der Waals surface area contributed by atoms with Crippen LogP contribution in [0.25, 0.3) is 0 Å². The van der Waals surface area contributed by atoms with Crippen LogP contribution in [0.4, 0.5) is 18.9 Å². The van der Waals surface area contributed by atoms with Crippen LogP contribution >= 0.6 is 0 Å². The average Bonchev–Trinajstić information content (AvgIpc) is 2.63. The van der Waals surface area contributed by atoms with E-state index < -0.39 is 38.2 Å². The lowest BCUT2D eigenvalue weighted by Gasteiger charge is -2.36. The molecular weight excluding hydrogens is 381 g/mol. The standard InChI is InChI=1S/C18H17F3N2O3S/c1-12(24)18-15(21)3-2-4-16(18)22-7-9-23(10-8-22)27(25,26)17-11-13(19)5-6-14(17)20/h2-6,11H,7-10H2,1H3. The molecule has 0 radical (unpaired) electrons. The van der Waals surface area contributed by atoms with E-state index in [0.29, 0.717) is 11.8 Å². The number of halogens is 3. The normalized spacial score (nSPS) is 15.8. The number of carbonyl (C=O) groups excluding carboxylic acids is 1. The van der Waals surface area contributed by atoms with Gasteiger partial charge in [-0.1, -0.05) is 6.07 Å². The van der Waals surface area contributed by atoms with E-state index in [1.54, 1.807) is 11.0 Å². The van der Waals surface area contributed by atoms with Gasteiger partial charge in [0, 0.05) is 26.2 Å². The SMILES string of the molecule is CC(=O)c1c(F)cccc1N1CCN(S(=O)(=O)c2cc(F)ccc2F)CC1. The van der Waals surface area contributed by atoms with Gasteiger partial charge < -0.3 is 4.90 Å². The van der Waals surface area contributed by atoms with Gasteiger partial charge in [0.1, 0.15) is 22.3 Å². The molecule has 0 bridgehead atoms. The van der Waals surface area contributed by atoms with Gasteiger partial charge in [-0.25, -0.2) is 21.6 Å². The Morgan fingerprint density at radius 2 is 1.63 bits per heavy atom. The number of hydrogen-bond donors (Lipinski definition) is 0. The van der Waals surface area contributed by atoms with Gasteiger partial charge in [-0.3, -0.25) is 4.79 Å². The van der Waals surface area contributed by atoms with Crippen LogP contribution in [0.15, 0.2) is 41.3 Å². The number of sulfonamides is 1. The molecule has 0 atom stereocenters. The van der Waals surface area contributed by atoms with Crippen LogP contribution in [0.1, 0.15) is 17.3 Å². The van der Waals surface area contributed by atoms with Gasteiger partial charge >= 0.3 is 0 Å². The van der Waals surface area contributed by atoms with Crippen molar-refractivity contribution < 1.29 is 26.4 Å². The fourth-order valence-corrected chi connectivity index (χ4v) is 4.61. The zero-order chi connectivity index (χ0) is 19.8. The van der Waals surface area contributed by atoms with Crippen molar-refractivity contribution in [1.82, 2.24) is 4.31 Å². The van der Waals surface area contributed by atoms with Crippen molar-refractivity contribution in [2.75, 3.05) is 31.1 Å². The molecule has 1 aliphatic rings. The van der Waals surface area contributed by atoms with Crippen LogP contribution in [0.2, 0.25) is 0 Å². The lowest BCUT2D eigenvalue weighted by Crippen LogP contribution is -2.49. The first-order chi connectivity index (χ1) is 12.7. The summed E-state index contributed by atoms with van der Waals surface area (Å²) in [4.78, 5) is 12.7. The third kappa shape index (κ3) is 3.70. The Kier molecular flexibility index (Phi) is 5.25. The maximum absolute atomic E-state index is 14.0. The Bertz CT molecular complexity index is 987. The van der Waals surface area contributed by atoms with E-state index in [4.69, 9.17) is 0 Å². The summed E-state index contributed by atoms with van der Waals surface area (Å²) in [6.07, 6.45) is 0. The number of rotatable bonds is 4. The molecule has 9 heteroatoms. The van der Waals surface area contributed by atoms with Crippen molar-refractivity contribution in [2.24, 2.45) is 0 Å². The Hall–Kier alpha value is -2.39. The summed E-state index contributed by atoms with van der Waals surface area (Å²) in [5.41, 5.74) is 0.335. The van der Waals surface area contributed by atoms with E-state index >= 15 is 0 Å². The number of carbonyl (C=O) groups is 1. The molecule has 0 aliphatic carbocycles. The maximum Gasteiger partial charge on any atom is 0.246 e. The third-order valence-electron chi connectivity index (χ3n) is 4.43. The zero-order valence-corrected chi connectivity index (χ0v) is 15.3. The predicted octanol–water partition coefficient (Wildman–Crippen LogP) is 2.82. The minimum atomic E-state index is -4.20. The summed E-state index contributed by atoms with van der Waals surface area (Å²) in [6, 6.07) is 6.52. The Morgan fingerprint density at radius 1 is 0.963 bits per heavy atom. The number of anilines is 1. The number of Topliss-reactive ketones (excluding diaryl/α,β-unsaturated/α-hetero) is 1. The van der Waals surface area contributed by atoms with Crippen LogP contribution in [-0.4, -0.2) is 44.7 Å². The van der Waals surface area contributed by atoms with Crippen LogP contribution in [0, 0.1) is 17.5 Å². The second-order valence-electron chi connectivity index (χ2n) is 6.16. The number of benzene rings is 2. The van der Waals surface area contributed by atoms with Crippen molar-refractivity contribution in [1.29, 1.82) is 0 Å². The molecule has 1 heterocycles. The molecule has 5 nitrogen and oxygen atoms in total. The van der Waals surface area contributed by atoms with Crippen molar-refractivity contribution in [3.63, 3.8) is 0 Å². The molecule has 27 heavy (non-hydrogen) atoms. The molecule has 3 rings (SSSR count). The van der Waals surface area contributed by atoms with Gasteiger partial charge in [0.05, 0.1) is 11.3 Å². The van der Waals surface area contributed by atoms with Gasteiger partial charge in [0.2, 0.25) is 10.0 Å². The number of ketones is 1. The Balaban J connectivity index is 1.83. The molecule has 1 aliphatic heterocycles. The summed E-state index contributed by atoms with van der Waals surface area (Å²) in [7, 11) is -4.20. The molecule has 0 aromatic heterocycles. The van der Waals surface area contributed by atoms with Crippen molar-refractivity contribution in [3.05, 3.63) is 59.4 Å². The molecule has 144 valence electrons. The van der Waals surface area contributed by atoms with Crippen molar-refractivity contribution >= 4 is 21.5 Å². The molecule has 2 aromatic rings.